The minimum atomic E-state index is -0.397. The van der Waals surface area contributed by atoms with Crippen LogP contribution in [0.5, 0.6) is 34.5 Å². The molecule has 34 heavy (non-hydrogen) atoms. The SMILES string of the molecule is Oc1ccc([C@@H]2c3c(O)cc(O)cc3[C@@H]3c4c(O)cc(O)cc4[C@H]2[C@H]3c2ccc(O)cc2)cc1. The molecule has 0 fully saturated rings. The van der Waals surface area contributed by atoms with Crippen molar-refractivity contribution in [2.75, 3.05) is 0 Å². The largest absolute Gasteiger partial charge is 0.508 e. The van der Waals surface area contributed by atoms with Gasteiger partial charge >= 0.3 is 0 Å². The van der Waals surface area contributed by atoms with Gasteiger partial charge in [-0.25, -0.2) is 0 Å². The van der Waals surface area contributed by atoms with Gasteiger partial charge in [0.05, 0.1) is 0 Å². The quantitative estimate of drug-likeness (QED) is 0.251. The predicted octanol–water partition coefficient (Wildman–Crippen LogP) is 5.08. The number of phenolic OH excluding ortho intramolecular Hbond substituents is 6. The molecule has 2 bridgehead atoms. The molecule has 2 aliphatic carbocycles. The normalized spacial score (nSPS) is 22.2. The molecule has 0 heterocycles. The summed E-state index contributed by atoms with van der Waals surface area (Å²) < 4.78 is 0. The summed E-state index contributed by atoms with van der Waals surface area (Å²) in [5.41, 5.74) is 4.48. The summed E-state index contributed by atoms with van der Waals surface area (Å²) in [7, 11) is 0. The van der Waals surface area contributed by atoms with Gasteiger partial charge in [0.1, 0.15) is 34.5 Å². The Morgan fingerprint density at radius 3 is 1.44 bits per heavy atom. The second-order valence-corrected chi connectivity index (χ2v) is 9.13. The molecule has 6 nitrogen and oxygen atoms in total. The van der Waals surface area contributed by atoms with Crippen LogP contribution in [0.15, 0.2) is 72.8 Å². The topological polar surface area (TPSA) is 121 Å². The van der Waals surface area contributed by atoms with Crippen molar-refractivity contribution in [3.8, 4) is 34.5 Å². The summed E-state index contributed by atoms with van der Waals surface area (Å²) in [6, 6.07) is 19.6. The van der Waals surface area contributed by atoms with Crippen LogP contribution in [0.1, 0.15) is 57.1 Å². The van der Waals surface area contributed by atoms with Crippen molar-refractivity contribution in [1.29, 1.82) is 0 Å². The predicted molar refractivity (Wildman–Crippen MR) is 125 cm³/mol. The second-order valence-electron chi connectivity index (χ2n) is 9.13. The Bertz CT molecular complexity index is 1430. The van der Waals surface area contributed by atoms with Crippen LogP contribution in [0.4, 0.5) is 0 Å². The van der Waals surface area contributed by atoms with Gasteiger partial charge in [-0.1, -0.05) is 24.3 Å². The molecule has 0 unspecified atom stereocenters. The first kappa shape index (κ1) is 20.3. The molecule has 4 atom stereocenters. The third kappa shape index (κ3) is 2.81. The zero-order valence-corrected chi connectivity index (χ0v) is 17.9. The minimum Gasteiger partial charge on any atom is -0.508 e. The maximum Gasteiger partial charge on any atom is 0.123 e. The maximum absolute atomic E-state index is 11.0. The van der Waals surface area contributed by atoms with Crippen molar-refractivity contribution < 1.29 is 30.6 Å². The minimum absolute atomic E-state index is 0.0496. The van der Waals surface area contributed by atoms with Gasteiger partial charge in [0.15, 0.2) is 0 Å². The number of fused-ring (bicyclic) bond motifs is 7. The summed E-state index contributed by atoms with van der Waals surface area (Å²) in [5.74, 6) is -1.29. The summed E-state index contributed by atoms with van der Waals surface area (Å²) in [6.45, 7) is 0. The van der Waals surface area contributed by atoms with Gasteiger partial charge in [0.25, 0.3) is 0 Å². The molecule has 6 N–H and O–H groups in total. The third-order valence-corrected chi connectivity index (χ3v) is 7.30. The molecule has 0 radical (unpaired) electrons. The molecule has 4 aromatic rings. The van der Waals surface area contributed by atoms with E-state index in [0.29, 0.717) is 16.7 Å². The highest BCUT2D eigenvalue weighted by Crippen LogP contribution is 2.68. The lowest BCUT2D eigenvalue weighted by Crippen LogP contribution is -2.26. The Hall–Kier alpha value is -4.32. The number of hydrogen-bond acceptors (Lipinski definition) is 6. The zero-order valence-electron chi connectivity index (χ0n) is 17.9. The van der Waals surface area contributed by atoms with Crippen LogP contribution in [0, 0.1) is 0 Å². The van der Waals surface area contributed by atoms with Crippen LogP contribution in [-0.2, 0) is 0 Å². The van der Waals surface area contributed by atoms with E-state index in [1.165, 1.54) is 12.1 Å². The Morgan fingerprint density at radius 1 is 0.412 bits per heavy atom. The summed E-state index contributed by atoms with van der Waals surface area (Å²) >= 11 is 0. The highest BCUT2D eigenvalue weighted by atomic mass is 16.3. The van der Waals surface area contributed by atoms with E-state index in [2.05, 4.69) is 0 Å². The molecule has 0 aliphatic heterocycles. The molecule has 0 saturated carbocycles. The van der Waals surface area contributed by atoms with E-state index < -0.39 is 11.8 Å². The fourth-order valence-corrected chi connectivity index (χ4v) is 6.15. The number of phenols is 6. The third-order valence-electron chi connectivity index (χ3n) is 7.30. The lowest BCUT2D eigenvalue weighted by Gasteiger charge is -2.40. The first-order chi connectivity index (χ1) is 16.3. The lowest BCUT2D eigenvalue weighted by molar-refractivity contribution is 0.406. The monoisotopic (exact) mass is 454 g/mol. The lowest BCUT2D eigenvalue weighted by atomic mass is 9.63. The van der Waals surface area contributed by atoms with Crippen LogP contribution in [0.25, 0.3) is 0 Å². The van der Waals surface area contributed by atoms with E-state index in [9.17, 15) is 30.6 Å². The van der Waals surface area contributed by atoms with Gasteiger partial charge in [-0.3, -0.25) is 0 Å². The van der Waals surface area contributed by atoms with Crippen LogP contribution >= 0.6 is 0 Å². The van der Waals surface area contributed by atoms with Crippen molar-refractivity contribution in [1.82, 2.24) is 0 Å². The Labute approximate surface area is 195 Å². The second kappa shape index (κ2) is 7.09. The molecule has 0 aromatic heterocycles. The Balaban J connectivity index is 1.72. The molecular formula is C28H22O6. The average molecular weight is 454 g/mol. The number of aromatic hydroxyl groups is 6. The maximum atomic E-state index is 11.0. The van der Waals surface area contributed by atoms with Gasteiger partial charge in [0, 0.05) is 46.9 Å². The molecule has 0 spiro atoms. The van der Waals surface area contributed by atoms with Crippen LogP contribution in [0.3, 0.4) is 0 Å². The van der Waals surface area contributed by atoms with Gasteiger partial charge in [0.2, 0.25) is 0 Å². The summed E-state index contributed by atoms with van der Waals surface area (Å²) in [4.78, 5) is 0. The van der Waals surface area contributed by atoms with E-state index >= 15 is 0 Å². The molecule has 4 aromatic carbocycles. The Kier molecular flexibility index (Phi) is 4.23. The van der Waals surface area contributed by atoms with E-state index in [4.69, 9.17) is 0 Å². The summed E-state index contributed by atoms with van der Waals surface area (Å²) in [5, 5.41) is 62.6. The number of benzene rings is 4. The van der Waals surface area contributed by atoms with Crippen LogP contribution in [0.2, 0.25) is 0 Å². The van der Waals surface area contributed by atoms with Crippen molar-refractivity contribution in [2.24, 2.45) is 0 Å². The zero-order chi connectivity index (χ0) is 23.7. The highest BCUT2D eigenvalue weighted by Gasteiger charge is 2.53. The smallest absolute Gasteiger partial charge is 0.123 e. The fourth-order valence-electron chi connectivity index (χ4n) is 6.15. The van der Waals surface area contributed by atoms with Gasteiger partial charge in [-0.15, -0.1) is 0 Å². The molecule has 2 aliphatic rings. The highest BCUT2D eigenvalue weighted by molar-refractivity contribution is 5.68. The van der Waals surface area contributed by atoms with E-state index in [1.54, 1.807) is 48.5 Å². The first-order valence-corrected chi connectivity index (χ1v) is 11.0. The fraction of sp³-hybridized carbons (Fsp3) is 0.143. The van der Waals surface area contributed by atoms with Gasteiger partial charge in [-0.2, -0.15) is 0 Å². The number of hydrogen-bond donors (Lipinski definition) is 6. The Morgan fingerprint density at radius 2 is 0.882 bits per heavy atom. The molecular weight excluding hydrogens is 432 g/mol. The number of rotatable bonds is 2. The molecule has 6 heteroatoms. The first-order valence-electron chi connectivity index (χ1n) is 11.0. The standard InChI is InChI=1S/C28H22O6/c29-15-5-1-13(2-6-15)23-25-19(9-17(31)11-21(25)33)28-24(14-3-7-16(30)8-4-14)27(23)20-10-18(32)12-22(34)26(20)28/h1-12,23-24,27-34H/t23-,24-,27-,28+/m1/s1. The van der Waals surface area contributed by atoms with Crippen molar-refractivity contribution in [3.05, 3.63) is 106 Å². The van der Waals surface area contributed by atoms with Gasteiger partial charge < -0.3 is 30.6 Å². The van der Waals surface area contributed by atoms with Crippen molar-refractivity contribution >= 4 is 0 Å². The van der Waals surface area contributed by atoms with E-state index in [0.717, 1.165) is 16.7 Å². The van der Waals surface area contributed by atoms with Crippen LogP contribution < -0.4 is 0 Å². The van der Waals surface area contributed by atoms with Crippen LogP contribution in [-0.4, -0.2) is 30.6 Å². The molecule has 0 amide bonds. The van der Waals surface area contributed by atoms with E-state index in [1.807, 2.05) is 12.1 Å². The summed E-state index contributed by atoms with van der Waals surface area (Å²) in [6.07, 6.45) is 0. The van der Waals surface area contributed by atoms with E-state index in [-0.39, 0.29) is 46.3 Å². The molecule has 0 saturated heterocycles. The molecule has 170 valence electrons. The molecule has 6 rings (SSSR count). The van der Waals surface area contributed by atoms with Gasteiger partial charge in [-0.05, 0) is 58.7 Å². The van der Waals surface area contributed by atoms with Crippen molar-refractivity contribution in [2.45, 2.75) is 23.7 Å². The average Bonchev–Trinajstić information content (AvgIpc) is 3.05. The van der Waals surface area contributed by atoms with Crippen molar-refractivity contribution in [3.63, 3.8) is 0 Å².